The third-order valence-electron chi connectivity index (χ3n) is 2.68. The minimum absolute atomic E-state index is 0.0377. The maximum absolute atomic E-state index is 11.7. The summed E-state index contributed by atoms with van der Waals surface area (Å²) in [5.41, 5.74) is 0.586. The van der Waals surface area contributed by atoms with E-state index in [1.807, 2.05) is 17.5 Å². The minimum Gasteiger partial charge on any atom is -0.440 e. The molecule has 0 bridgehead atoms. The molecule has 2 aromatic rings. The Labute approximate surface area is 120 Å². The van der Waals surface area contributed by atoms with Crippen LogP contribution in [0.4, 0.5) is 0 Å². The first-order valence-corrected chi connectivity index (χ1v) is 6.95. The fraction of sp³-hybridized carbons (Fsp3) is 0.308. The molecule has 0 atom stereocenters. The summed E-state index contributed by atoms with van der Waals surface area (Å²) in [5, 5.41) is 6.89. The van der Waals surface area contributed by atoms with Gasteiger partial charge >= 0.3 is 0 Å². The lowest BCUT2D eigenvalue weighted by Crippen LogP contribution is -2.36. The molecule has 2 N–H and O–H groups in total. The normalized spacial score (nSPS) is 10.3. The summed E-state index contributed by atoms with van der Waals surface area (Å²) in [4.78, 5) is 28.0. The van der Waals surface area contributed by atoms with Crippen LogP contribution >= 0.6 is 11.3 Å². The van der Waals surface area contributed by atoms with E-state index in [1.165, 1.54) is 18.4 Å². The Kier molecular flexibility index (Phi) is 4.52. The molecule has 0 saturated carbocycles. The largest absolute Gasteiger partial charge is 0.440 e. The zero-order valence-electron chi connectivity index (χ0n) is 11.2. The molecule has 2 heterocycles. The Hall–Kier alpha value is -2.15. The summed E-state index contributed by atoms with van der Waals surface area (Å²) >= 11 is 1.52. The van der Waals surface area contributed by atoms with E-state index in [9.17, 15) is 9.59 Å². The summed E-state index contributed by atoms with van der Waals surface area (Å²) in [6.07, 6.45) is 0.0949. The highest BCUT2D eigenvalue weighted by atomic mass is 32.1. The molecule has 0 unspecified atom stereocenters. The van der Waals surface area contributed by atoms with Gasteiger partial charge in [0.25, 0.3) is 0 Å². The molecule has 0 spiro atoms. The second kappa shape index (κ2) is 6.33. The highest BCUT2D eigenvalue weighted by Crippen LogP contribution is 2.25. The summed E-state index contributed by atoms with van der Waals surface area (Å²) in [6.45, 7) is 1.73. The maximum atomic E-state index is 11.7. The molecule has 2 amide bonds. The molecule has 0 aromatic carbocycles. The van der Waals surface area contributed by atoms with Crippen molar-refractivity contribution in [1.82, 2.24) is 15.6 Å². The molecule has 0 aliphatic carbocycles. The average molecular weight is 293 g/mol. The number of nitrogens with zero attached hydrogens (tertiary/aromatic N) is 1. The van der Waals surface area contributed by atoms with Gasteiger partial charge in [-0.25, -0.2) is 4.98 Å². The second-order valence-corrected chi connectivity index (χ2v) is 5.07. The third-order valence-corrected chi connectivity index (χ3v) is 3.54. The van der Waals surface area contributed by atoms with E-state index in [0.29, 0.717) is 17.3 Å². The Morgan fingerprint density at radius 1 is 1.40 bits per heavy atom. The molecule has 0 radical (unpaired) electrons. The number of aromatic nitrogens is 1. The van der Waals surface area contributed by atoms with Crippen molar-refractivity contribution in [3.63, 3.8) is 0 Å². The Bertz CT molecular complexity index is 604. The highest BCUT2D eigenvalue weighted by Gasteiger charge is 2.15. The summed E-state index contributed by atoms with van der Waals surface area (Å²) in [7, 11) is 1.52. The predicted octanol–water partition coefficient (Wildman–Crippen LogP) is 1.12. The van der Waals surface area contributed by atoms with Gasteiger partial charge in [0.15, 0.2) is 0 Å². The smallest absolute Gasteiger partial charge is 0.239 e. The fourth-order valence-corrected chi connectivity index (χ4v) is 2.23. The second-order valence-electron chi connectivity index (χ2n) is 4.13. The number of nitrogens with one attached hydrogen (secondary N) is 2. The van der Waals surface area contributed by atoms with E-state index in [0.717, 1.165) is 4.88 Å². The molecule has 106 valence electrons. The van der Waals surface area contributed by atoms with E-state index in [1.54, 1.807) is 6.92 Å². The van der Waals surface area contributed by atoms with E-state index in [2.05, 4.69) is 15.6 Å². The number of thiophene rings is 1. The third kappa shape index (κ3) is 3.45. The number of hydrogen-bond acceptors (Lipinski definition) is 5. The topological polar surface area (TPSA) is 84.2 Å². The molecular weight excluding hydrogens is 278 g/mol. The fourth-order valence-electron chi connectivity index (χ4n) is 1.58. The molecule has 0 fully saturated rings. The van der Waals surface area contributed by atoms with Gasteiger partial charge < -0.3 is 15.1 Å². The lowest BCUT2D eigenvalue weighted by molar-refractivity contribution is -0.125. The number of rotatable bonds is 5. The first-order valence-electron chi connectivity index (χ1n) is 6.07. The number of carbonyl (C=O) groups excluding carboxylic acids is 2. The monoisotopic (exact) mass is 293 g/mol. The van der Waals surface area contributed by atoms with Crippen LogP contribution in [0.2, 0.25) is 0 Å². The quantitative estimate of drug-likeness (QED) is 0.865. The average Bonchev–Trinajstić information content (AvgIpc) is 3.06. The van der Waals surface area contributed by atoms with Gasteiger partial charge in [-0.2, -0.15) is 0 Å². The van der Waals surface area contributed by atoms with E-state index < -0.39 is 0 Å². The number of amides is 2. The molecule has 0 aliphatic rings. The molecule has 20 heavy (non-hydrogen) atoms. The van der Waals surface area contributed by atoms with Crippen molar-refractivity contribution in [2.75, 3.05) is 13.6 Å². The maximum Gasteiger partial charge on any atom is 0.239 e. The van der Waals surface area contributed by atoms with Crippen LogP contribution in [0.15, 0.2) is 21.9 Å². The van der Waals surface area contributed by atoms with E-state index >= 15 is 0 Å². The zero-order valence-corrected chi connectivity index (χ0v) is 12.0. The Balaban J connectivity index is 1.99. The summed E-state index contributed by atoms with van der Waals surface area (Å²) in [6, 6.07) is 3.82. The van der Waals surface area contributed by atoms with Crippen LogP contribution in [0, 0.1) is 6.92 Å². The lowest BCUT2D eigenvalue weighted by atomic mass is 10.2. The van der Waals surface area contributed by atoms with Crippen LogP contribution < -0.4 is 10.6 Å². The van der Waals surface area contributed by atoms with Crippen molar-refractivity contribution in [2.24, 2.45) is 0 Å². The summed E-state index contributed by atoms with van der Waals surface area (Å²) < 4.78 is 5.55. The lowest BCUT2D eigenvalue weighted by Gasteiger charge is -2.02. The van der Waals surface area contributed by atoms with E-state index in [4.69, 9.17) is 4.42 Å². The van der Waals surface area contributed by atoms with Crippen molar-refractivity contribution < 1.29 is 14.0 Å². The number of carbonyl (C=O) groups is 2. The van der Waals surface area contributed by atoms with Gasteiger partial charge in [-0.05, 0) is 18.4 Å². The number of oxazole rings is 1. The van der Waals surface area contributed by atoms with Crippen LogP contribution in [0.25, 0.3) is 10.8 Å². The van der Waals surface area contributed by atoms with Gasteiger partial charge in [0.1, 0.15) is 5.76 Å². The summed E-state index contributed by atoms with van der Waals surface area (Å²) in [5.74, 6) is 0.632. The van der Waals surface area contributed by atoms with Gasteiger partial charge in [-0.3, -0.25) is 9.59 Å². The van der Waals surface area contributed by atoms with Crippen molar-refractivity contribution in [1.29, 1.82) is 0 Å². The van der Waals surface area contributed by atoms with Gasteiger partial charge in [0.05, 0.1) is 23.5 Å². The Morgan fingerprint density at radius 3 is 2.85 bits per heavy atom. The van der Waals surface area contributed by atoms with Crippen LogP contribution in [-0.4, -0.2) is 30.4 Å². The SMILES string of the molecule is CNC(=O)CNC(=O)Cc1nc(-c2cccs2)oc1C. The van der Waals surface area contributed by atoms with Crippen molar-refractivity contribution >= 4 is 23.2 Å². The molecule has 2 rings (SSSR count). The van der Waals surface area contributed by atoms with Crippen molar-refractivity contribution in [3.05, 3.63) is 29.0 Å². The number of hydrogen-bond donors (Lipinski definition) is 2. The van der Waals surface area contributed by atoms with Gasteiger partial charge in [0, 0.05) is 7.05 Å². The van der Waals surface area contributed by atoms with Crippen LogP contribution in [0.1, 0.15) is 11.5 Å². The zero-order chi connectivity index (χ0) is 14.5. The van der Waals surface area contributed by atoms with Crippen molar-refractivity contribution in [3.8, 4) is 10.8 Å². The molecule has 0 aliphatic heterocycles. The van der Waals surface area contributed by atoms with Crippen molar-refractivity contribution in [2.45, 2.75) is 13.3 Å². The minimum atomic E-state index is -0.261. The first kappa shape index (κ1) is 14.3. The van der Waals surface area contributed by atoms with Gasteiger partial charge in [-0.15, -0.1) is 11.3 Å². The number of likely N-dealkylation sites (N-methyl/N-ethyl adjacent to an activating group) is 1. The molecular formula is C13H15N3O3S. The Morgan fingerprint density at radius 2 is 2.20 bits per heavy atom. The first-order chi connectivity index (χ1) is 9.60. The highest BCUT2D eigenvalue weighted by molar-refractivity contribution is 7.13. The standard InChI is InChI=1S/C13H15N3O3S/c1-8-9(6-11(17)15-7-12(18)14-2)16-13(19-8)10-4-3-5-20-10/h3-5H,6-7H2,1-2H3,(H,14,18)(H,15,17). The molecule has 2 aromatic heterocycles. The van der Waals surface area contributed by atoms with Crippen LogP contribution in [0.3, 0.4) is 0 Å². The van der Waals surface area contributed by atoms with Crippen LogP contribution in [0.5, 0.6) is 0 Å². The molecule has 7 heteroatoms. The predicted molar refractivity (Wildman–Crippen MR) is 75.3 cm³/mol. The molecule has 6 nitrogen and oxygen atoms in total. The molecule has 0 saturated heterocycles. The van der Waals surface area contributed by atoms with Gasteiger partial charge in [-0.1, -0.05) is 6.07 Å². The van der Waals surface area contributed by atoms with Gasteiger partial charge in [0.2, 0.25) is 17.7 Å². The number of aryl methyl sites for hydroxylation is 1. The van der Waals surface area contributed by atoms with E-state index in [-0.39, 0.29) is 24.8 Å². The van der Waals surface area contributed by atoms with Crippen LogP contribution in [-0.2, 0) is 16.0 Å².